The number of hydrogen-bond donors (Lipinski definition) is 1. The summed E-state index contributed by atoms with van der Waals surface area (Å²) in [6, 6.07) is 5.86. The highest BCUT2D eigenvalue weighted by Crippen LogP contribution is 2.24. The van der Waals surface area contributed by atoms with Gasteiger partial charge in [0.05, 0.1) is 5.69 Å². The van der Waals surface area contributed by atoms with E-state index in [0.29, 0.717) is 11.7 Å². The van der Waals surface area contributed by atoms with Crippen molar-refractivity contribution in [3.63, 3.8) is 0 Å². The second-order valence-corrected chi connectivity index (χ2v) is 5.78. The summed E-state index contributed by atoms with van der Waals surface area (Å²) in [5, 5.41) is 0. The van der Waals surface area contributed by atoms with Crippen LogP contribution in [0.4, 0.5) is 10.1 Å². The highest BCUT2D eigenvalue weighted by Gasteiger charge is 2.22. The second kappa shape index (κ2) is 6.55. The molecule has 2 atom stereocenters. The number of rotatable bonds is 4. The molecule has 1 unspecified atom stereocenters. The molecule has 1 aromatic rings. The third-order valence-corrected chi connectivity index (χ3v) is 4.37. The molecule has 20 heavy (non-hydrogen) atoms. The number of anilines is 1. The first kappa shape index (κ1) is 15.3. The number of piperazine rings is 1. The Labute approximate surface area is 121 Å². The zero-order valence-corrected chi connectivity index (χ0v) is 12.8. The van der Waals surface area contributed by atoms with Gasteiger partial charge in [0, 0.05) is 38.3 Å². The molecule has 0 spiro atoms. The van der Waals surface area contributed by atoms with E-state index in [2.05, 4.69) is 23.6 Å². The van der Waals surface area contributed by atoms with E-state index in [9.17, 15) is 4.39 Å². The summed E-state index contributed by atoms with van der Waals surface area (Å²) in [7, 11) is 0. The summed E-state index contributed by atoms with van der Waals surface area (Å²) in [5.74, 6) is -0.156. The van der Waals surface area contributed by atoms with E-state index in [1.54, 1.807) is 6.07 Å². The van der Waals surface area contributed by atoms with Crippen LogP contribution in [0.5, 0.6) is 0 Å². The molecule has 2 rings (SSSR count). The average molecular weight is 279 g/mol. The Bertz CT molecular complexity index is 439. The van der Waals surface area contributed by atoms with Gasteiger partial charge < -0.3 is 10.6 Å². The van der Waals surface area contributed by atoms with Crippen LogP contribution in [0.1, 0.15) is 38.8 Å². The zero-order valence-electron chi connectivity index (χ0n) is 12.8. The molecule has 4 heteroatoms. The van der Waals surface area contributed by atoms with Gasteiger partial charge >= 0.3 is 0 Å². The van der Waals surface area contributed by atoms with E-state index < -0.39 is 0 Å². The first-order valence-corrected chi connectivity index (χ1v) is 7.57. The van der Waals surface area contributed by atoms with Gasteiger partial charge in [0.2, 0.25) is 0 Å². The Morgan fingerprint density at radius 1 is 1.20 bits per heavy atom. The summed E-state index contributed by atoms with van der Waals surface area (Å²) in [4.78, 5) is 4.61. The Morgan fingerprint density at radius 2 is 1.85 bits per heavy atom. The lowest BCUT2D eigenvalue weighted by molar-refractivity contribution is 0.192. The second-order valence-electron chi connectivity index (χ2n) is 5.78. The third-order valence-electron chi connectivity index (χ3n) is 4.37. The fourth-order valence-electron chi connectivity index (χ4n) is 2.72. The van der Waals surface area contributed by atoms with Gasteiger partial charge in [-0.2, -0.15) is 0 Å². The standard InChI is InChI=1S/C16H26FN3/c1-4-12(2)19-7-9-20(10-8-19)16-6-5-14(13(3)18)11-15(16)17/h5-6,11-13H,4,7-10,18H2,1-3H3/t12?,13-/m0/s1. The smallest absolute Gasteiger partial charge is 0.146 e. The summed E-state index contributed by atoms with van der Waals surface area (Å²) < 4.78 is 14.2. The van der Waals surface area contributed by atoms with Crippen molar-refractivity contribution in [1.82, 2.24) is 4.90 Å². The maximum Gasteiger partial charge on any atom is 0.146 e. The van der Waals surface area contributed by atoms with Crippen molar-refractivity contribution in [1.29, 1.82) is 0 Å². The first-order chi connectivity index (χ1) is 9.52. The molecule has 1 aliphatic rings. The van der Waals surface area contributed by atoms with Crippen molar-refractivity contribution in [2.45, 2.75) is 39.3 Å². The summed E-state index contributed by atoms with van der Waals surface area (Å²) in [6.45, 7) is 10.1. The van der Waals surface area contributed by atoms with Crippen LogP contribution in [0.25, 0.3) is 0 Å². The molecule has 1 saturated heterocycles. The maximum absolute atomic E-state index is 14.2. The minimum Gasteiger partial charge on any atom is -0.367 e. The van der Waals surface area contributed by atoms with Crippen molar-refractivity contribution >= 4 is 5.69 Å². The monoisotopic (exact) mass is 279 g/mol. The van der Waals surface area contributed by atoms with Crippen molar-refractivity contribution in [3.05, 3.63) is 29.6 Å². The van der Waals surface area contributed by atoms with Gasteiger partial charge in [-0.25, -0.2) is 4.39 Å². The lowest BCUT2D eigenvalue weighted by atomic mass is 10.1. The molecule has 0 aliphatic carbocycles. The van der Waals surface area contributed by atoms with Crippen molar-refractivity contribution in [2.24, 2.45) is 5.73 Å². The van der Waals surface area contributed by atoms with E-state index in [1.807, 2.05) is 19.1 Å². The highest BCUT2D eigenvalue weighted by atomic mass is 19.1. The maximum atomic E-state index is 14.2. The molecular weight excluding hydrogens is 253 g/mol. The summed E-state index contributed by atoms with van der Waals surface area (Å²) in [5.41, 5.74) is 7.35. The van der Waals surface area contributed by atoms with Crippen LogP contribution in [0, 0.1) is 5.82 Å². The molecule has 1 fully saturated rings. The minimum absolute atomic E-state index is 0.124. The van der Waals surface area contributed by atoms with Crippen molar-refractivity contribution < 1.29 is 4.39 Å². The van der Waals surface area contributed by atoms with Gasteiger partial charge in [-0.05, 0) is 38.0 Å². The fraction of sp³-hybridized carbons (Fsp3) is 0.625. The van der Waals surface area contributed by atoms with E-state index in [4.69, 9.17) is 5.73 Å². The molecular formula is C16H26FN3. The lowest BCUT2D eigenvalue weighted by Gasteiger charge is -2.39. The van der Waals surface area contributed by atoms with Crippen LogP contribution >= 0.6 is 0 Å². The van der Waals surface area contributed by atoms with Gasteiger partial charge in [0.15, 0.2) is 0 Å². The number of benzene rings is 1. The predicted octanol–water partition coefficient (Wildman–Crippen LogP) is 2.77. The lowest BCUT2D eigenvalue weighted by Crippen LogP contribution is -2.49. The highest BCUT2D eigenvalue weighted by molar-refractivity contribution is 5.50. The molecule has 1 heterocycles. The van der Waals surface area contributed by atoms with Gasteiger partial charge in [-0.1, -0.05) is 13.0 Å². The number of nitrogens with zero attached hydrogens (tertiary/aromatic N) is 2. The third kappa shape index (κ3) is 3.30. The number of halogens is 1. The molecule has 3 nitrogen and oxygen atoms in total. The molecule has 0 amide bonds. The Morgan fingerprint density at radius 3 is 2.35 bits per heavy atom. The van der Waals surface area contributed by atoms with E-state index >= 15 is 0 Å². The van der Waals surface area contributed by atoms with Gasteiger partial charge in [0.25, 0.3) is 0 Å². The van der Waals surface area contributed by atoms with Crippen molar-refractivity contribution in [3.8, 4) is 0 Å². The summed E-state index contributed by atoms with van der Waals surface area (Å²) in [6.07, 6.45) is 1.16. The van der Waals surface area contributed by atoms with E-state index in [-0.39, 0.29) is 11.9 Å². The van der Waals surface area contributed by atoms with Gasteiger partial charge in [-0.15, -0.1) is 0 Å². The predicted molar refractivity (Wildman–Crippen MR) is 82.5 cm³/mol. The first-order valence-electron chi connectivity index (χ1n) is 7.57. The van der Waals surface area contributed by atoms with Gasteiger partial charge in [0.1, 0.15) is 5.82 Å². The molecule has 0 radical (unpaired) electrons. The molecule has 0 aromatic heterocycles. The van der Waals surface area contributed by atoms with Crippen molar-refractivity contribution in [2.75, 3.05) is 31.1 Å². The van der Waals surface area contributed by atoms with Gasteiger partial charge in [-0.3, -0.25) is 4.90 Å². The number of nitrogens with two attached hydrogens (primary N) is 1. The van der Waals surface area contributed by atoms with Crippen LogP contribution in [0.2, 0.25) is 0 Å². The fourth-order valence-corrected chi connectivity index (χ4v) is 2.72. The SMILES string of the molecule is CCC(C)N1CCN(c2ccc([C@H](C)N)cc2F)CC1. The normalized spacial score (nSPS) is 19.9. The number of hydrogen-bond acceptors (Lipinski definition) is 3. The topological polar surface area (TPSA) is 32.5 Å². The van der Waals surface area contributed by atoms with Crippen LogP contribution in [-0.4, -0.2) is 37.1 Å². The Balaban J connectivity index is 2.04. The van der Waals surface area contributed by atoms with E-state index in [1.165, 1.54) is 0 Å². The average Bonchev–Trinajstić information content (AvgIpc) is 2.46. The molecule has 112 valence electrons. The van der Waals surface area contributed by atoms with Crippen LogP contribution in [-0.2, 0) is 0 Å². The van der Waals surface area contributed by atoms with Crippen LogP contribution in [0.3, 0.4) is 0 Å². The Hall–Kier alpha value is -1.13. The minimum atomic E-state index is -0.156. The molecule has 0 saturated carbocycles. The Kier molecular flexibility index (Phi) is 5.00. The largest absolute Gasteiger partial charge is 0.367 e. The molecule has 2 N–H and O–H groups in total. The molecule has 1 aliphatic heterocycles. The van der Waals surface area contributed by atoms with Crippen LogP contribution in [0.15, 0.2) is 18.2 Å². The quantitative estimate of drug-likeness (QED) is 0.920. The molecule has 1 aromatic carbocycles. The summed E-state index contributed by atoms with van der Waals surface area (Å²) >= 11 is 0. The molecule has 0 bridgehead atoms. The van der Waals surface area contributed by atoms with Crippen LogP contribution < -0.4 is 10.6 Å². The van der Waals surface area contributed by atoms with E-state index in [0.717, 1.165) is 38.2 Å². The zero-order chi connectivity index (χ0) is 14.7.